The third-order valence-electron chi connectivity index (χ3n) is 6.51. The molecule has 3 amide bonds. The third kappa shape index (κ3) is 8.56. The minimum Gasteiger partial charge on any atom is -0.370 e. The molecule has 0 saturated carbocycles. The van der Waals surface area contributed by atoms with Gasteiger partial charge in [-0.1, -0.05) is 35.9 Å². The van der Waals surface area contributed by atoms with Crippen LogP contribution in [0.2, 0.25) is 0 Å². The van der Waals surface area contributed by atoms with Gasteiger partial charge in [0.05, 0.1) is 11.4 Å². The van der Waals surface area contributed by atoms with Crippen LogP contribution in [0.3, 0.4) is 0 Å². The highest BCUT2D eigenvalue weighted by atomic mass is 32.2. The molecule has 41 heavy (non-hydrogen) atoms. The average Bonchev–Trinajstić information content (AvgIpc) is 3.45. The van der Waals surface area contributed by atoms with Gasteiger partial charge in [-0.15, -0.1) is 0 Å². The molecule has 1 aliphatic heterocycles. The molecular formula is C26H35N8O6S+. The Balaban J connectivity index is 1.70. The summed E-state index contributed by atoms with van der Waals surface area (Å²) in [5.74, 6) is -2.02. The molecule has 1 aliphatic rings. The van der Waals surface area contributed by atoms with Crippen molar-refractivity contribution in [3.63, 3.8) is 0 Å². The van der Waals surface area contributed by atoms with Crippen molar-refractivity contribution in [3.8, 4) is 0 Å². The summed E-state index contributed by atoms with van der Waals surface area (Å²) >= 11 is 0. The van der Waals surface area contributed by atoms with Gasteiger partial charge in [0.2, 0.25) is 21.8 Å². The van der Waals surface area contributed by atoms with E-state index in [1.54, 1.807) is 47.8 Å². The highest BCUT2D eigenvalue weighted by Crippen LogP contribution is 2.19. The van der Waals surface area contributed by atoms with Crippen molar-refractivity contribution in [2.24, 2.45) is 16.5 Å². The smallest absolute Gasteiger partial charge is 0.309 e. The van der Waals surface area contributed by atoms with E-state index in [1.807, 2.05) is 6.92 Å². The van der Waals surface area contributed by atoms with Gasteiger partial charge in [-0.05, 0) is 61.9 Å². The number of rotatable bonds is 13. The van der Waals surface area contributed by atoms with Crippen molar-refractivity contribution < 1.29 is 28.1 Å². The van der Waals surface area contributed by atoms with E-state index in [0.29, 0.717) is 19.3 Å². The molecule has 1 fully saturated rings. The number of hydrogen-bond acceptors (Lipinski definition) is 7. The first-order valence-electron chi connectivity index (χ1n) is 13.0. The van der Waals surface area contributed by atoms with Crippen LogP contribution in [0.1, 0.15) is 31.2 Å². The number of aryl methyl sites for hydroxylation is 1. The van der Waals surface area contributed by atoms with Gasteiger partial charge in [0.15, 0.2) is 5.96 Å². The van der Waals surface area contributed by atoms with Crippen LogP contribution in [0.5, 0.6) is 0 Å². The van der Waals surface area contributed by atoms with Crippen molar-refractivity contribution in [1.29, 1.82) is 0 Å². The maximum Gasteiger partial charge on any atom is 0.309 e. The number of sulfonamides is 1. The molecule has 3 rings (SSSR count). The number of guanidine groups is 1. The Morgan fingerprint density at radius 1 is 1.12 bits per heavy atom. The first-order valence-corrected chi connectivity index (χ1v) is 14.5. The summed E-state index contributed by atoms with van der Waals surface area (Å²) in [6, 6.07) is 12.2. The molecule has 7 N–H and O–H groups in total. The average molecular weight is 588 g/mol. The van der Waals surface area contributed by atoms with Crippen molar-refractivity contribution >= 4 is 39.4 Å². The zero-order valence-corrected chi connectivity index (χ0v) is 23.5. The van der Waals surface area contributed by atoms with E-state index in [1.165, 1.54) is 17.0 Å². The molecule has 0 aliphatic carbocycles. The van der Waals surface area contributed by atoms with E-state index >= 15 is 0 Å². The number of carbonyl (C=O) groups is 3. The van der Waals surface area contributed by atoms with Crippen LogP contribution in [0.25, 0.3) is 0 Å². The molecule has 2 aromatic carbocycles. The van der Waals surface area contributed by atoms with Gasteiger partial charge in [-0.2, -0.15) is 0 Å². The lowest BCUT2D eigenvalue weighted by Gasteiger charge is -2.26. The fraction of sp³-hybridized carbons (Fsp3) is 0.385. The van der Waals surface area contributed by atoms with Crippen LogP contribution in [0, 0.1) is 11.8 Å². The summed E-state index contributed by atoms with van der Waals surface area (Å²) < 4.78 is 27.5. The van der Waals surface area contributed by atoms with Gasteiger partial charge in [0.1, 0.15) is 23.1 Å². The maximum absolute atomic E-state index is 13.3. The second-order valence-electron chi connectivity index (χ2n) is 9.49. The fourth-order valence-electron chi connectivity index (χ4n) is 4.38. The quantitative estimate of drug-likeness (QED) is 0.0812. The number of hydrazine groups is 1. The van der Waals surface area contributed by atoms with Crippen molar-refractivity contribution in [1.82, 2.24) is 14.9 Å². The number of likely N-dealkylation sites (tertiary alicyclic amines) is 1. The van der Waals surface area contributed by atoms with E-state index < -0.39 is 46.4 Å². The molecule has 0 bridgehead atoms. The van der Waals surface area contributed by atoms with Crippen molar-refractivity contribution in [3.05, 3.63) is 65.1 Å². The lowest BCUT2D eigenvalue weighted by Crippen LogP contribution is -2.82. The number of benzene rings is 2. The second kappa shape index (κ2) is 14.3. The molecule has 0 aromatic heterocycles. The Kier molecular flexibility index (Phi) is 10.9. The zero-order valence-electron chi connectivity index (χ0n) is 22.7. The lowest BCUT2D eigenvalue weighted by atomic mass is 10.1. The van der Waals surface area contributed by atoms with Crippen LogP contribution in [0.15, 0.2) is 64.5 Å². The Bertz CT molecular complexity index is 1360. The summed E-state index contributed by atoms with van der Waals surface area (Å²) in [7, 11) is -3.94. The van der Waals surface area contributed by atoms with E-state index in [9.17, 15) is 27.7 Å². The molecule has 1 saturated heterocycles. The number of nitrogens with one attached hydrogen (secondary N) is 3. The summed E-state index contributed by atoms with van der Waals surface area (Å²) in [6.07, 6.45) is 1.24. The number of anilines is 1. The van der Waals surface area contributed by atoms with Gasteiger partial charge >= 0.3 is 5.91 Å². The second-order valence-corrected chi connectivity index (χ2v) is 11.3. The number of carbonyl (C=O) groups excluding carboxylic acids is 3. The van der Waals surface area contributed by atoms with Gasteiger partial charge in [-0.3, -0.25) is 19.4 Å². The summed E-state index contributed by atoms with van der Waals surface area (Å²) in [6.45, 7) is 1.71. The van der Waals surface area contributed by atoms with Crippen LogP contribution >= 0.6 is 0 Å². The zero-order chi connectivity index (χ0) is 30.0. The SMILES string of the molecule is Cc1ccc(S(=O)(=O)NCC(=O)N2CCC[C@H]2C(=O)N[C@@H](CCCN=C(N)N)C(=O)N([NH+]=O)c2ccccc2)cc1. The summed E-state index contributed by atoms with van der Waals surface area (Å²) in [4.78, 5) is 56.6. The monoisotopic (exact) mass is 587 g/mol. The highest BCUT2D eigenvalue weighted by molar-refractivity contribution is 7.89. The van der Waals surface area contributed by atoms with Gasteiger partial charge in [-0.25, -0.2) is 13.1 Å². The van der Waals surface area contributed by atoms with E-state index in [0.717, 1.165) is 10.6 Å². The molecule has 15 heteroatoms. The van der Waals surface area contributed by atoms with E-state index in [4.69, 9.17) is 11.5 Å². The Morgan fingerprint density at radius 3 is 2.44 bits per heavy atom. The first-order chi connectivity index (χ1) is 19.5. The van der Waals surface area contributed by atoms with Gasteiger partial charge in [0, 0.05) is 18.0 Å². The number of aliphatic imine (C=N–C) groups is 1. The predicted octanol–water partition coefficient (Wildman–Crippen LogP) is -1.40. The number of hydrogen-bond donors (Lipinski definition) is 5. The third-order valence-corrected chi connectivity index (χ3v) is 7.92. The topological polar surface area (TPSA) is 211 Å². The lowest BCUT2D eigenvalue weighted by molar-refractivity contribution is -0.484. The number of nitrogens with two attached hydrogens (primary N) is 2. The normalized spacial score (nSPS) is 15.5. The number of nitrogens with zero attached hydrogens (tertiary/aromatic N) is 3. The molecular weight excluding hydrogens is 552 g/mol. The first kappa shape index (κ1) is 31.2. The molecule has 220 valence electrons. The molecule has 0 radical (unpaired) electrons. The Labute approximate surface area is 238 Å². The Morgan fingerprint density at radius 2 is 1.80 bits per heavy atom. The minimum absolute atomic E-state index is 0.0173. The van der Waals surface area contributed by atoms with Crippen LogP contribution < -0.4 is 31.8 Å². The van der Waals surface area contributed by atoms with E-state index in [-0.39, 0.29) is 36.1 Å². The number of amides is 3. The standard InChI is InChI=1S/C26H34N8O6S/c1-18-11-13-20(14-12-18)41(39,40)30-17-23(35)33-16-6-10-22(33)24(36)31-21(9-5-15-29-26(27)28)25(37)34(32-38)19-7-3-2-4-8-19/h2-4,7-8,11-14,21-22,30H,5-6,9-10,15-17H2,1H3,(H,31,36)(H4,27,28,29)/p+1/t21-,22-/m0/s1. The van der Waals surface area contributed by atoms with Crippen LogP contribution in [-0.2, 0) is 24.4 Å². The predicted molar refractivity (Wildman–Crippen MR) is 151 cm³/mol. The summed E-state index contributed by atoms with van der Waals surface area (Å²) in [5, 5.41) is 5.06. The molecule has 1 heterocycles. The van der Waals surface area contributed by atoms with Gasteiger partial charge in [0.25, 0.3) is 0 Å². The molecule has 0 unspecified atom stereocenters. The maximum atomic E-state index is 13.3. The summed E-state index contributed by atoms with van der Waals surface area (Å²) in [5.41, 5.74) is 11.9. The molecule has 0 spiro atoms. The largest absolute Gasteiger partial charge is 0.370 e. The Hall–Kier alpha value is -4.37. The fourth-order valence-corrected chi connectivity index (χ4v) is 5.36. The van der Waals surface area contributed by atoms with Crippen LogP contribution in [-0.4, -0.2) is 68.7 Å². The van der Waals surface area contributed by atoms with Crippen molar-refractivity contribution in [2.45, 2.75) is 49.6 Å². The molecule has 2 atom stereocenters. The number of nitroso groups, excluding NO2 is 1. The minimum atomic E-state index is -3.94. The van der Waals surface area contributed by atoms with Gasteiger partial charge < -0.3 is 21.7 Å². The molecule has 2 aromatic rings. The van der Waals surface area contributed by atoms with E-state index in [2.05, 4.69) is 15.0 Å². The van der Waals surface area contributed by atoms with Crippen LogP contribution in [0.4, 0.5) is 5.69 Å². The highest BCUT2D eigenvalue weighted by Gasteiger charge is 2.38. The molecule has 14 nitrogen and oxygen atoms in total. The van der Waals surface area contributed by atoms with Crippen molar-refractivity contribution in [2.75, 3.05) is 24.6 Å². The number of para-hydroxylation sites is 1.